The van der Waals surface area contributed by atoms with Crippen LogP contribution in [0.4, 0.5) is 19.0 Å². The number of carbonyl (C=O) groups is 1. The molecule has 0 radical (unpaired) electrons. The summed E-state index contributed by atoms with van der Waals surface area (Å²) < 4.78 is 41.6. The minimum Gasteiger partial charge on any atom is -0.361 e. The summed E-state index contributed by atoms with van der Waals surface area (Å²) in [5.74, 6) is -0.367. The number of aromatic nitrogens is 2. The van der Waals surface area contributed by atoms with Crippen LogP contribution in [0.15, 0.2) is 17.5 Å². The van der Waals surface area contributed by atoms with Crippen LogP contribution in [0.1, 0.15) is 47.7 Å². The average Bonchev–Trinajstić information content (AvgIpc) is 3.19. The molecule has 0 unspecified atom stereocenters. The molecule has 3 heterocycles. The standard InChI is InChI=1S/C16H18ClF3N4OS/c1-8(2)7-21-15(25)13-12(17)14-22-9(10-4-3-5-26-10)6-11(16(18,19)20)24(14)23-13/h3-5,8-9,11,22H,6-7H2,1-2H3,(H,21,25)/t9-,11+/m0/s1. The second-order valence-corrected chi connectivity index (χ2v) is 7.92. The van der Waals surface area contributed by atoms with Crippen molar-refractivity contribution in [1.82, 2.24) is 15.1 Å². The summed E-state index contributed by atoms with van der Waals surface area (Å²) in [6.45, 7) is 4.20. The van der Waals surface area contributed by atoms with E-state index in [-0.39, 0.29) is 28.9 Å². The molecule has 26 heavy (non-hydrogen) atoms. The maximum absolute atomic E-state index is 13.6. The van der Waals surface area contributed by atoms with Crippen LogP contribution in [0, 0.1) is 5.92 Å². The van der Waals surface area contributed by atoms with Crippen LogP contribution in [0.3, 0.4) is 0 Å². The van der Waals surface area contributed by atoms with Gasteiger partial charge < -0.3 is 10.6 Å². The SMILES string of the molecule is CC(C)CNC(=O)c1nn2c(c1Cl)N[C@H](c1cccs1)C[C@@H]2C(F)(F)F. The molecule has 3 rings (SSSR count). The van der Waals surface area contributed by atoms with E-state index in [1.165, 1.54) is 11.3 Å². The molecule has 0 saturated heterocycles. The van der Waals surface area contributed by atoms with Crippen LogP contribution in [0.25, 0.3) is 0 Å². The number of nitrogens with one attached hydrogen (secondary N) is 2. The lowest BCUT2D eigenvalue weighted by Crippen LogP contribution is -2.35. The van der Waals surface area contributed by atoms with E-state index in [4.69, 9.17) is 11.6 Å². The third-order valence-electron chi connectivity index (χ3n) is 4.07. The van der Waals surface area contributed by atoms with E-state index in [2.05, 4.69) is 15.7 Å². The second-order valence-electron chi connectivity index (χ2n) is 6.57. The molecule has 5 nitrogen and oxygen atoms in total. The molecule has 142 valence electrons. The van der Waals surface area contributed by atoms with E-state index in [1.807, 2.05) is 13.8 Å². The number of nitrogens with zero attached hydrogens (tertiary/aromatic N) is 2. The van der Waals surface area contributed by atoms with Gasteiger partial charge in [0, 0.05) is 17.8 Å². The van der Waals surface area contributed by atoms with Gasteiger partial charge in [-0.15, -0.1) is 11.3 Å². The Morgan fingerprint density at radius 3 is 2.85 bits per heavy atom. The molecule has 2 atom stereocenters. The quantitative estimate of drug-likeness (QED) is 0.777. The number of alkyl halides is 3. The fourth-order valence-corrected chi connectivity index (χ4v) is 3.85. The van der Waals surface area contributed by atoms with Crippen molar-refractivity contribution in [1.29, 1.82) is 0 Å². The van der Waals surface area contributed by atoms with E-state index in [0.29, 0.717) is 6.54 Å². The Labute approximate surface area is 157 Å². The van der Waals surface area contributed by atoms with E-state index in [0.717, 1.165) is 9.56 Å². The highest BCUT2D eigenvalue weighted by molar-refractivity contribution is 7.10. The van der Waals surface area contributed by atoms with Gasteiger partial charge in [0.2, 0.25) is 0 Å². The van der Waals surface area contributed by atoms with Crippen molar-refractivity contribution < 1.29 is 18.0 Å². The fraction of sp³-hybridized carbons (Fsp3) is 0.500. The second kappa shape index (κ2) is 7.11. The van der Waals surface area contributed by atoms with Gasteiger partial charge in [0.05, 0.1) is 6.04 Å². The van der Waals surface area contributed by atoms with Crippen molar-refractivity contribution in [3.8, 4) is 0 Å². The zero-order valence-corrected chi connectivity index (χ0v) is 15.7. The first-order valence-corrected chi connectivity index (χ1v) is 9.37. The normalized spacial score (nSPS) is 20.0. The maximum Gasteiger partial charge on any atom is 0.410 e. The molecule has 1 aliphatic rings. The van der Waals surface area contributed by atoms with Crippen molar-refractivity contribution in [3.63, 3.8) is 0 Å². The third-order valence-corrected chi connectivity index (χ3v) is 5.41. The highest BCUT2D eigenvalue weighted by Gasteiger charge is 2.48. The molecular weight excluding hydrogens is 389 g/mol. The van der Waals surface area contributed by atoms with Gasteiger partial charge in [0.15, 0.2) is 11.7 Å². The summed E-state index contributed by atoms with van der Waals surface area (Å²) in [4.78, 5) is 13.0. The van der Waals surface area contributed by atoms with Crippen molar-refractivity contribution in [3.05, 3.63) is 33.1 Å². The zero-order chi connectivity index (χ0) is 19.1. The van der Waals surface area contributed by atoms with Crippen molar-refractivity contribution in [2.24, 2.45) is 5.92 Å². The number of amides is 1. The van der Waals surface area contributed by atoms with Gasteiger partial charge in [-0.05, 0) is 17.4 Å². The Balaban J connectivity index is 1.97. The van der Waals surface area contributed by atoms with E-state index in [9.17, 15) is 18.0 Å². The molecule has 1 aliphatic heterocycles. The molecule has 0 bridgehead atoms. The predicted octanol–water partition coefficient (Wildman–Crippen LogP) is 4.64. The van der Waals surface area contributed by atoms with Gasteiger partial charge in [0.25, 0.3) is 5.91 Å². The Morgan fingerprint density at radius 1 is 1.54 bits per heavy atom. The number of halogens is 4. The molecule has 0 aromatic carbocycles. The van der Waals surface area contributed by atoms with Crippen LogP contribution >= 0.6 is 22.9 Å². The number of rotatable bonds is 4. The first-order valence-electron chi connectivity index (χ1n) is 8.11. The highest BCUT2D eigenvalue weighted by Crippen LogP contribution is 2.46. The predicted molar refractivity (Wildman–Crippen MR) is 94.8 cm³/mol. The molecule has 2 aromatic heterocycles. The van der Waals surface area contributed by atoms with E-state index >= 15 is 0 Å². The van der Waals surface area contributed by atoms with Gasteiger partial charge in [-0.1, -0.05) is 31.5 Å². The smallest absolute Gasteiger partial charge is 0.361 e. The molecule has 0 fully saturated rings. The number of thiophene rings is 1. The Hall–Kier alpha value is -1.74. The van der Waals surface area contributed by atoms with Crippen molar-refractivity contribution in [2.45, 2.75) is 38.5 Å². The summed E-state index contributed by atoms with van der Waals surface area (Å²) in [6.07, 6.45) is -4.73. The van der Waals surface area contributed by atoms with Gasteiger partial charge >= 0.3 is 6.18 Å². The summed E-state index contributed by atoms with van der Waals surface area (Å²) in [7, 11) is 0. The van der Waals surface area contributed by atoms with Crippen molar-refractivity contribution in [2.75, 3.05) is 11.9 Å². The molecule has 10 heteroatoms. The number of carbonyl (C=O) groups excluding carboxylic acids is 1. The summed E-state index contributed by atoms with van der Waals surface area (Å²) in [5, 5.41) is 11.2. The maximum atomic E-state index is 13.6. The summed E-state index contributed by atoms with van der Waals surface area (Å²) in [5.41, 5.74) is -0.198. The largest absolute Gasteiger partial charge is 0.410 e. The number of fused-ring (bicyclic) bond motifs is 1. The van der Waals surface area contributed by atoms with E-state index in [1.54, 1.807) is 17.5 Å². The highest BCUT2D eigenvalue weighted by atomic mass is 35.5. The van der Waals surface area contributed by atoms with E-state index < -0.39 is 24.2 Å². The molecular formula is C16H18ClF3N4OS. The summed E-state index contributed by atoms with van der Waals surface area (Å²) in [6, 6.07) is 1.15. The lowest BCUT2D eigenvalue weighted by atomic mass is 10.0. The monoisotopic (exact) mass is 406 g/mol. The Bertz CT molecular complexity index is 788. The van der Waals surface area contributed by atoms with Crippen LogP contribution < -0.4 is 10.6 Å². The van der Waals surface area contributed by atoms with Gasteiger partial charge in [-0.3, -0.25) is 4.79 Å². The first-order chi connectivity index (χ1) is 12.2. The number of anilines is 1. The van der Waals surface area contributed by atoms with Gasteiger partial charge in [-0.25, -0.2) is 4.68 Å². The van der Waals surface area contributed by atoms with Crippen LogP contribution in [0.5, 0.6) is 0 Å². The Morgan fingerprint density at radius 2 is 2.27 bits per heavy atom. The minimum atomic E-state index is -4.51. The molecule has 1 amide bonds. The van der Waals surface area contributed by atoms with Crippen LogP contribution in [0.2, 0.25) is 5.02 Å². The number of hydrogen-bond acceptors (Lipinski definition) is 4. The lowest BCUT2D eigenvalue weighted by Gasteiger charge is -2.32. The molecule has 2 aromatic rings. The first kappa shape index (κ1) is 19.0. The van der Waals surface area contributed by atoms with Crippen LogP contribution in [-0.4, -0.2) is 28.4 Å². The van der Waals surface area contributed by atoms with Gasteiger partial charge in [0.1, 0.15) is 10.8 Å². The van der Waals surface area contributed by atoms with Gasteiger partial charge in [-0.2, -0.15) is 18.3 Å². The zero-order valence-electron chi connectivity index (χ0n) is 14.1. The Kier molecular flexibility index (Phi) is 5.21. The lowest BCUT2D eigenvalue weighted by molar-refractivity contribution is -0.173. The molecule has 0 aliphatic carbocycles. The minimum absolute atomic E-state index is 0.0216. The molecule has 0 saturated carbocycles. The third kappa shape index (κ3) is 3.68. The average molecular weight is 407 g/mol. The van der Waals surface area contributed by atoms with Crippen LogP contribution in [-0.2, 0) is 0 Å². The fourth-order valence-electron chi connectivity index (χ4n) is 2.79. The molecule has 0 spiro atoms. The molecule has 2 N–H and O–H groups in total. The van der Waals surface area contributed by atoms with Crippen molar-refractivity contribution >= 4 is 34.7 Å². The summed E-state index contributed by atoms with van der Waals surface area (Å²) >= 11 is 7.59. The number of hydrogen-bond donors (Lipinski definition) is 2. The topological polar surface area (TPSA) is 59.0 Å².